The van der Waals surface area contributed by atoms with Crippen LogP contribution in [-0.4, -0.2) is 29.1 Å². The molecule has 2 heterocycles. The maximum Gasteiger partial charge on any atom is 0.419 e. The number of unbranched alkanes of at least 4 members (excludes halogenated alkanes) is 1. The molecule has 2 aromatic carbocycles. The highest BCUT2D eigenvalue weighted by atomic mass is 16.4. The summed E-state index contributed by atoms with van der Waals surface area (Å²) >= 11 is 0. The molecule has 1 aromatic heterocycles. The molecule has 0 radical (unpaired) electrons. The molecule has 4 nitrogen and oxygen atoms in total. The third-order valence-corrected chi connectivity index (χ3v) is 5.40. The number of rotatable bonds is 6. The minimum Gasteiger partial charge on any atom is -0.408 e. The molecule has 3 aromatic rings. The number of benzene rings is 2. The number of aromatic nitrogens is 1. The molecule has 0 saturated carbocycles. The van der Waals surface area contributed by atoms with E-state index in [0.717, 1.165) is 44.4 Å². The molecule has 1 aliphatic heterocycles. The van der Waals surface area contributed by atoms with Crippen molar-refractivity contribution in [3.05, 3.63) is 76.3 Å². The van der Waals surface area contributed by atoms with E-state index >= 15 is 0 Å². The molecule has 0 aliphatic carbocycles. The Labute approximate surface area is 159 Å². The van der Waals surface area contributed by atoms with Crippen molar-refractivity contribution in [2.24, 2.45) is 0 Å². The number of fused-ring (bicyclic) bond motifs is 1. The molecule has 1 aliphatic rings. The quantitative estimate of drug-likeness (QED) is 0.607. The van der Waals surface area contributed by atoms with E-state index in [-0.39, 0.29) is 5.76 Å². The molecule has 0 fully saturated rings. The SMILES string of the molecule is Cc1ccc(C2=CCN(CCCCn3c(=O)oc4ccccc43)CC2)cc1. The predicted molar refractivity (Wildman–Crippen MR) is 110 cm³/mol. The van der Waals surface area contributed by atoms with Crippen molar-refractivity contribution in [3.63, 3.8) is 0 Å². The van der Waals surface area contributed by atoms with E-state index in [1.165, 1.54) is 16.7 Å². The molecule has 140 valence electrons. The van der Waals surface area contributed by atoms with Gasteiger partial charge in [0, 0.05) is 19.6 Å². The lowest BCUT2D eigenvalue weighted by molar-refractivity contribution is 0.292. The van der Waals surface area contributed by atoms with E-state index in [1.54, 1.807) is 4.57 Å². The van der Waals surface area contributed by atoms with E-state index in [2.05, 4.69) is 42.2 Å². The van der Waals surface area contributed by atoms with E-state index in [4.69, 9.17) is 4.42 Å². The molecule has 0 bridgehead atoms. The average molecular weight is 362 g/mol. The number of hydrogen-bond acceptors (Lipinski definition) is 3. The zero-order valence-corrected chi connectivity index (χ0v) is 15.9. The van der Waals surface area contributed by atoms with Crippen molar-refractivity contribution in [2.45, 2.75) is 32.7 Å². The van der Waals surface area contributed by atoms with Crippen LogP contribution < -0.4 is 5.76 Å². The van der Waals surface area contributed by atoms with Crippen LogP contribution in [0.5, 0.6) is 0 Å². The standard InChI is InChI=1S/C23H26N2O2/c1-18-8-10-19(11-9-18)20-12-16-24(17-13-20)14-4-5-15-25-21-6-2-3-7-22(21)27-23(25)26/h2-3,6-12H,4-5,13-17H2,1H3. The van der Waals surface area contributed by atoms with Crippen LogP contribution in [0.25, 0.3) is 16.7 Å². The van der Waals surface area contributed by atoms with Crippen LogP contribution in [-0.2, 0) is 6.54 Å². The van der Waals surface area contributed by atoms with Crippen molar-refractivity contribution in [3.8, 4) is 0 Å². The molecule has 4 heteroatoms. The lowest BCUT2D eigenvalue weighted by Gasteiger charge is -2.26. The van der Waals surface area contributed by atoms with Gasteiger partial charge in [0.2, 0.25) is 0 Å². The molecular formula is C23H26N2O2. The highest BCUT2D eigenvalue weighted by Gasteiger charge is 2.13. The van der Waals surface area contributed by atoms with Crippen LogP contribution in [0.2, 0.25) is 0 Å². The smallest absolute Gasteiger partial charge is 0.408 e. The summed E-state index contributed by atoms with van der Waals surface area (Å²) in [5.41, 5.74) is 5.69. The molecule has 0 amide bonds. The Kier molecular flexibility index (Phi) is 5.26. The van der Waals surface area contributed by atoms with Gasteiger partial charge in [0.25, 0.3) is 0 Å². The molecule has 0 spiro atoms. The van der Waals surface area contributed by atoms with Gasteiger partial charge in [0.05, 0.1) is 5.52 Å². The van der Waals surface area contributed by atoms with Crippen LogP contribution in [0.15, 0.2) is 63.8 Å². The molecule has 0 saturated heterocycles. The summed E-state index contributed by atoms with van der Waals surface area (Å²) in [5.74, 6) is -0.250. The number of aryl methyl sites for hydroxylation is 2. The van der Waals surface area contributed by atoms with Gasteiger partial charge < -0.3 is 4.42 Å². The van der Waals surface area contributed by atoms with Crippen LogP contribution >= 0.6 is 0 Å². The van der Waals surface area contributed by atoms with Gasteiger partial charge in [-0.15, -0.1) is 0 Å². The Bertz CT molecular complexity index is 995. The largest absolute Gasteiger partial charge is 0.419 e. The van der Waals surface area contributed by atoms with E-state index in [1.807, 2.05) is 24.3 Å². The van der Waals surface area contributed by atoms with Crippen LogP contribution in [0, 0.1) is 6.92 Å². The lowest BCUT2D eigenvalue weighted by atomic mass is 9.98. The van der Waals surface area contributed by atoms with Crippen LogP contribution in [0.1, 0.15) is 30.4 Å². The molecular weight excluding hydrogens is 336 g/mol. The first-order valence-corrected chi connectivity index (χ1v) is 9.77. The summed E-state index contributed by atoms with van der Waals surface area (Å²) in [6.45, 7) is 6.03. The Hall–Kier alpha value is -2.59. The fourth-order valence-corrected chi connectivity index (χ4v) is 3.78. The van der Waals surface area contributed by atoms with Gasteiger partial charge in [-0.25, -0.2) is 4.79 Å². The first kappa shape index (κ1) is 17.8. The average Bonchev–Trinajstić information content (AvgIpc) is 3.02. The maximum atomic E-state index is 12.0. The molecule has 0 unspecified atom stereocenters. The Balaban J connectivity index is 1.27. The number of hydrogen-bond donors (Lipinski definition) is 0. The van der Waals surface area contributed by atoms with Crippen LogP contribution in [0.3, 0.4) is 0 Å². The number of nitrogens with zero attached hydrogens (tertiary/aromatic N) is 2. The summed E-state index contributed by atoms with van der Waals surface area (Å²) < 4.78 is 7.05. The van der Waals surface area contributed by atoms with Crippen molar-refractivity contribution in [1.29, 1.82) is 0 Å². The Morgan fingerprint density at radius 1 is 1.00 bits per heavy atom. The first-order chi connectivity index (χ1) is 13.2. The Morgan fingerprint density at radius 3 is 2.56 bits per heavy atom. The molecule has 0 atom stereocenters. The second kappa shape index (κ2) is 7.97. The van der Waals surface area contributed by atoms with Gasteiger partial charge in [-0.3, -0.25) is 9.47 Å². The topological polar surface area (TPSA) is 38.4 Å². The normalized spacial score (nSPS) is 15.2. The third kappa shape index (κ3) is 4.06. The van der Waals surface area contributed by atoms with Gasteiger partial charge in [0.1, 0.15) is 0 Å². The zero-order chi connectivity index (χ0) is 18.6. The number of para-hydroxylation sites is 2. The van der Waals surface area contributed by atoms with Crippen molar-refractivity contribution in [1.82, 2.24) is 9.47 Å². The van der Waals surface area contributed by atoms with Gasteiger partial charge in [-0.1, -0.05) is 48.0 Å². The molecule has 0 N–H and O–H groups in total. The summed E-state index contributed by atoms with van der Waals surface area (Å²) in [4.78, 5) is 14.5. The van der Waals surface area contributed by atoms with E-state index in [0.29, 0.717) is 12.1 Å². The molecule has 4 rings (SSSR count). The fraction of sp³-hybridized carbons (Fsp3) is 0.348. The van der Waals surface area contributed by atoms with Crippen molar-refractivity contribution < 1.29 is 4.42 Å². The second-order valence-corrected chi connectivity index (χ2v) is 7.34. The minimum atomic E-state index is -0.250. The number of oxazole rings is 1. The van der Waals surface area contributed by atoms with E-state index in [9.17, 15) is 4.79 Å². The van der Waals surface area contributed by atoms with Crippen molar-refractivity contribution in [2.75, 3.05) is 19.6 Å². The zero-order valence-electron chi connectivity index (χ0n) is 15.9. The van der Waals surface area contributed by atoms with Gasteiger partial charge in [0.15, 0.2) is 5.58 Å². The first-order valence-electron chi connectivity index (χ1n) is 9.77. The minimum absolute atomic E-state index is 0.250. The lowest BCUT2D eigenvalue weighted by Crippen LogP contribution is -2.29. The van der Waals surface area contributed by atoms with E-state index < -0.39 is 0 Å². The second-order valence-electron chi connectivity index (χ2n) is 7.34. The molecule has 27 heavy (non-hydrogen) atoms. The maximum absolute atomic E-state index is 12.0. The predicted octanol–water partition coefficient (Wildman–Crippen LogP) is 4.47. The van der Waals surface area contributed by atoms with Crippen LogP contribution in [0.4, 0.5) is 0 Å². The van der Waals surface area contributed by atoms with Gasteiger partial charge in [-0.05, 0) is 56.0 Å². The summed E-state index contributed by atoms with van der Waals surface area (Å²) in [7, 11) is 0. The highest BCUT2D eigenvalue weighted by Crippen LogP contribution is 2.23. The van der Waals surface area contributed by atoms with Gasteiger partial charge >= 0.3 is 5.76 Å². The third-order valence-electron chi connectivity index (χ3n) is 5.40. The van der Waals surface area contributed by atoms with Crippen molar-refractivity contribution >= 4 is 16.7 Å². The fourth-order valence-electron chi connectivity index (χ4n) is 3.78. The Morgan fingerprint density at radius 2 is 1.78 bits per heavy atom. The summed E-state index contributed by atoms with van der Waals surface area (Å²) in [5, 5.41) is 0. The highest BCUT2D eigenvalue weighted by molar-refractivity contribution is 5.72. The monoisotopic (exact) mass is 362 g/mol. The van der Waals surface area contributed by atoms with Gasteiger partial charge in [-0.2, -0.15) is 0 Å². The summed E-state index contributed by atoms with van der Waals surface area (Å²) in [6.07, 6.45) is 5.53. The summed E-state index contributed by atoms with van der Waals surface area (Å²) in [6, 6.07) is 16.5.